The van der Waals surface area contributed by atoms with Crippen LogP contribution < -0.4 is 4.18 Å². The van der Waals surface area contributed by atoms with Crippen LogP contribution in [0.5, 0.6) is 11.5 Å². The second kappa shape index (κ2) is 6.05. The lowest BCUT2D eigenvalue weighted by atomic mass is 10.1. The van der Waals surface area contributed by atoms with Crippen LogP contribution in [0.25, 0.3) is 10.8 Å². The summed E-state index contributed by atoms with van der Waals surface area (Å²) in [5.41, 5.74) is 0.237. The summed E-state index contributed by atoms with van der Waals surface area (Å²) < 4.78 is 31.8. The lowest BCUT2D eigenvalue weighted by molar-refractivity contribution is 0.475. The fraction of sp³-hybridized carbons (Fsp3) is 0. The normalized spacial score (nSPS) is 11.8. The summed E-state index contributed by atoms with van der Waals surface area (Å²) >= 11 is 0. The van der Waals surface area contributed by atoms with Crippen molar-refractivity contribution in [2.45, 2.75) is 0 Å². The van der Waals surface area contributed by atoms with Crippen molar-refractivity contribution in [2.75, 3.05) is 0 Å². The molecule has 1 N–H and O–H groups in total. The molecular weight excluding hydrogens is 316 g/mol. The van der Waals surface area contributed by atoms with Gasteiger partial charge in [0, 0.05) is 11.5 Å². The van der Waals surface area contributed by atoms with Gasteiger partial charge in [0.1, 0.15) is 11.5 Å². The standard InChI is InChI=1S/C16H12N2O4S/c19-13-10-12-6-4-5-9-15(12)16(11-13)17-18-23(20,21)22-14-7-2-1-3-8-14/h1-11,19H. The van der Waals surface area contributed by atoms with Crippen molar-refractivity contribution in [3.05, 3.63) is 66.7 Å². The molecule has 3 aromatic rings. The summed E-state index contributed by atoms with van der Waals surface area (Å²) in [4.78, 5) is 0. The van der Waals surface area contributed by atoms with Crippen molar-refractivity contribution >= 4 is 26.8 Å². The highest BCUT2D eigenvalue weighted by molar-refractivity contribution is 7.85. The van der Waals surface area contributed by atoms with E-state index in [0.717, 1.165) is 5.39 Å². The Hall–Kier alpha value is -2.93. The molecule has 0 aliphatic carbocycles. The Balaban J connectivity index is 1.93. The second-order valence-electron chi connectivity index (χ2n) is 4.69. The molecule has 116 valence electrons. The molecule has 0 unspecified atom stereocenters. The molecule has 3 rings (SSSR count). The number of hydrogen-bond donors (Lipinski definition) is 1. The average Bonchev–Trinajstić information content (AvgIpc) is 2.53. The van der Waals surface area contributed by atoms with Gasteiger partial charge in [-0.25, -0.2) is 0 Å². The fourth-order valence-corrected chi connectivity index (χ4v) is 2.64. The molecule has 0 radical (unpaired) electrons. The molecule has 23 heavy (non-hydrogen) atoms. The van der Waals surface area contributed by atoms with Gasteiger partial charge in [-0.05, 0) is 28.1 Å². The molecule has 0 spiro atoms. The quantitative estimate of drug-likeness (QED) is 0.734. The van der Waals surface area contributed by atoms with Gasteiger partial charge in [0.25, 0.3) is 0 Å². The topological polar surface area (TPSA) is 88.3 Å². The van der Waals surface area contributed by atoms with E-state index in [-0.39, 0.29) is 17.2 Å². The second-order valence-corrected chi connectivity index (χ2v) is 5.88. The number of hydrogen-bond acceptors (Lipinski definition) is 5. The van der Waals surface area contributed by atoms with E-state index in [0.29, 0.717) is 5.39 Å². The summed E-state index contributed by atoms with van der Waals surface area (Å²) in [6, 6.07) is 18.0. The van der Waals surface area contributed by atoms with Crippen LogP contribution in [0.3, 0.4) is 0 Å². The number of para-hydroxylation sites is 1. The van der Waals surface area contributed by atoms with Crippen molar-refractivity contribution in [2.24, 2.45) is 9.63 Å². The molecule has 7 heteroatoms. The molecule has 0 aliphatic heterocycles. The van der Waals surface area contributed by atoms with Gasteiger partial charge in [-0.3, -0.25) is 0 Å². The zero-order valence-electron chi connectivity index (χ0n) is 11.8. The number of benzene rings is 3. The number of nitrogens with zero attached hydrogens (tertiary/aromatic N) is 2. The summed E-state index contributed by atoms with van der Waals surface area (Å²) in [5.74, 6) is 0.117. The third-order valence-corrected chi connectivity index (χ3v) is 3.70. The number of phenolic OH excluding ortho intramolecular Hbond substituents is 1. The highest BCUT2D eigenvalue weighted by atomic mass is 32.2. The Morgan fingerprint density at radius 2 is 1.61 bits per heavy atom. The van der Waals surface area contributed by atoms with Gasteiger partial charge in [0.2, 0.25) is 0 Å². The number of rotatable bonds is 4. The lowest BCUT2D eigenvalue weighted by Gasteiger charge is -2.03. The highest BCUT2D eigenvalue weighted by Gasteiger charge is 2.11. The average molecular weight is 328 g/mol. The Labute approximate surface area is 132 Å². The maximum absolute atomic E-state index is 11.8. The molecule has 0 saturated carbocycles. The van der Waals surface area contributed by atoms with Crippen molar-refractivity contribution < 1.29 is 17.7 Å². The van der Waals surface area contributed by atoms with Gasteiger partial charge in [0.15, 0.2) is 0 Å². The summed E-state index contributed by atoms with van der Waals surface area (Å²) in [7, 11) is -4.24. The molecule has 0 amide bonds. The van der Waals surface area contributed by atoms with E-state index in [1.165, 1.54) is 18.2 Å². The third-order valence-electron chi connectivity index (χ3n) is 3.02. The lowest BCUT2D eigenvalue weighted by Crippen LogP contribution is -2.04. The van der Waals surface area contributed by atoms with Crippen LogP contribution in [0, 0.1) is 0 Å². The van der Waals surface area contributed by atoms with E-state index in [9.17, 15) is 13.5 Å². The van der Waals surface area contributed by atoms with E-state index < -0.39 is 10.3 Å². The van der Waals surface area contributed by atoms with Gasteiger partial charge in [-0.2, -0.15) is 8.42 Å². The maximum Gasteiger partial charge on any atom is 0.446 e. The smallest absolute Gasteiger partial charge is 0.446 e. The predicted molar refractivity (Wildman–Crippen MR) is 86.1 cm³/mol. The predicted octanol–water partition coefficient (Wildman–Crippen LogP) is 3.95. The minimum atomic E-state index is -4.24. The van der Waals surface area contributed by atoms with Crippen LogP contribution in [0.1, 0.15) is 0 Å². The first-order chi connectivity index (χ1) is 11.0. The summed E-state index contributed by atoms with van der Waals surface area (Å²) in [6.45, 7) is 0. The number of aromatic hydroxyl groups is 1. The van der Waals surface area contributed by atoms with Crippen molar-refractivity contribution in [3.63, 3.8) is 0 Å². The largest absolute Gasteiger partial charge is 0.508 e. The summed E-state index contributed by atoms with van der Waals surface area (Å²) in [6.07, 6.45) is 0. The SMILES string of the molecule is O=S(=O)(N=Nc1cc(O)cc2ccccc12)Oc1ccccc1. The van der Waals surface area contributed by atoms with Crippen LogP contribution in [0.4, 0.5) is 5.69 Å². The minimum Gasteiger partial charge on any atom is -0.508 e. The molecule has 0 bridgehead atoms. The maximum atomic E-state index is 11.8. The zero-order valence-corrected chi connectivity index (χ0v) is 12.6. The Morgan fingerprint density at radius 1 is 0.913 bits per heavy atom. The van der Waals surface area contributed by atoms with Crippen molar-refractivity contribution in [1.82, 2.24) is 0 Å². The molecule has 3 aromatic carbocycles. The Kier molecular flexibility index (Phi) is 3.94. The van der Waals surface area contributed by atoms with Crippen molar-refractivity contribution in [1.29, 1.82) is 0 Å². The molecular formula is C16H12N2O4S. The first-order valence-electron chi connectivity index (χ1n) is 6.68. The molecule has 0 atom stereocenters. The van der Waals surface area contributed by atoms with Crippen LogP contribution >= 0.6 is 0 Å². The van der Waals surface area contributed by atoms with E-state index in [2.05, 4.69) is 9.63 Å². The molecule has 0 heterocycles. The molecule has 6 nitrogen and oxygen atoms in total. The van der Waals surface area contributed by atoms with Crippen LogP contribution in [0.2, 0.25) is 0 Å². The highest BCUT2D eigenvalue weighted by Crippen LogP contribution is 2.31. The van der Waals surface area contributed by atoms with E-state index in [1.54, 1.807) is 48.5 Å². The first-order valence-corrected chi connectivity index (χ1v) is 8.04. The molecule has 0 aliphatic rings. The number of phenols is 1. The van der Waals surface area contributed by atoms with Gasteiger partial charge in [0.05, 0.1) is 5.69 Å². The van der Waals surface area contributed by atoms with Crippen LogP contribution in [0.15, 0.2) is 76.4 Å². The third kappa shape index (κ3) is 3.64. The first kappa shape index (κ1) is 15.0. The van der Waals surface area contributed by atoms with Gasteiger partial charge >= 0.3 is 10.3 Å². The summed E-state index contributed by atoms with van der Waals surface area (Å²) in [5, 5.41) is 14.8. The minimum absolute atomic E-state index is 0.0287. The molecule has 0 fully saturated rings. The van der Waals surface area contributed by atoms with Crippen LogP contribution in [-0.4, -0.2) is 13.5 Å². The van der Waals surface area contributed by atoms with Gasteiger partial charge in [-0.15, -0.1) is 5.11 Å². The van der Waals surface area contributed by atoms with E-state index >= 15 is 0 Å². The Bertz CT molecular complexity index is 970. The monoisotopic (exact) mass is 328 g/mol. The van der Waals surface area contributed by atoms with Gasteiger partial charge < -0.3 is 9.29 Å². The molecule has 0 saturated heterocycles. The molecule has 0 aromatic heterocycles. The van der Waals surface area contributed by atoms with E-state index in [4.69, 9.17) is 4.18 Å². The van der Waals surface area contributed by atoms with E-state index in [1.807, 2.05) is 0 Å². The Morgan fingerprint density at radius 3 is 2.39 bits per heavy atom. The van der Waals surface area contributed by atoms with Crippen LogP contribution in [-0.2, 0) is 10.3 Å². The fourth-order valence-electron chi connectivity index (χ4n) is 2.07. The van der Waals surface area contributed by atoms with Crippen molar-refractivity contribution in [3.8, 4) is 11.5 Å². The number of fused-ring (bicyclic) bond motifs is 1. The van der Waals surface area contributed by atoms with Gasteiger partial charge in [-0.1, -0.05) is 42.5 Å². The zero-order chi connectivity index (χ0) is 16.3.